The summed E-state index contributed by atoms with van der Waals surface area (Å²) in [6.07, 6.45) is -5.80. The first-order valence-corrected chi connectivity index (χ1v) is 4.70. The van der Waals surface area contributed by atoms with Gasteiger partial charge in [-0.3, -0.25) is 10.1 Å². The lowest BCUT2D eigenvalue weighted by Crippen LogP contribution is -2.12. The van der Waals surface area contributed by atoms with Crippen molar-refractivity contribution in [2.24, 2.45) is 0 Å². The summed E-state index contributed by atoms with van der Waals surface area (Å²) < 4.78 is 41.2. The molecule has 94 valence electrons. The Morgan fingerprint density at radius 3 is 2.47 bits per heavy atom. The van der Waals surface area contributed by atoms with Crippen LogP contribution in [0.5, 0.6) is 5.75 Å². The highest BCUT2D eigenvalue weighted by atomic mass is 35.5. The standard InChI is InChI=1S/C9H7ClF3NO3/c1-17-8-3-6(10)5(4-9(11,12)13)2-7(8)14(15)16/h2-3H,4H2,1H3. The van der Waals surface area contributed by atoms with Gasteiger partial charge in [0, 0.05) is 17.2 Å². The lowest BCUT2D eigenvalue weighted by Gasteiger charge is -2.09. The Bertz CT molecular complexity index is 448. The Morgan fingerprint density at radius 2 is 2.06 bits per heavy atom. The van der Waals surface area contributed by atoms with Gasteiger partial charge in [0.1, 0.15) is 0 Å². The van der Waals surface area contributed by atoms with Crippen LogP contribution in [0.2, 0.25) is 5.02 Å². The topological polar surface area (TPSA) is 52.4 Å². The third kappa shape index (κ3) is 3.48. The molecule has 1 aromatic carbocycles. The molecule has 0 radical (unpaired) electrons. The molecule has 0 N–H and O–H groups in total. The number of hydrogen-bond donors (Lipinski definition) is 0. The van der Waals surface area contributed by atoms with E-state index in [2.05, 4.69) is 4.74 Å². The highest BCUT2D eigenvalue weighted by Crippen LogP contribution is 2.35. The van der Waals surface area contributed by atoms with Crippen LogP contribution in [0.15, 0.2) is 12.1 Å². The molecule has 1 aromatic rings. The van der Waals surface area contributed by atoms with E-state index >= 15 is 0 Å². The number of ether oxygens (including phenoxy) is 1. The number of methoxy groups -OCH3 is 1. The number of halogens is 4. The first-order valence-electron chi connectivity index (χ1n) is 4.32. The van der Waals surface area contributed by atoms with Crippen LogP contribution in [0.1, 0.15) is 5.56 Å². The van der Waals surface area contributed by atoms with Gasteiger partial charge in [0.2, 0.25) is 0 Å². The normalized spacial score (nSPS) is 11.4. The predicted molar refractivity (Wildman–Crippen MR) is 54.4 cm³/mol. The highest BCUT2D eigenvalue weighted by molar-refractivity contribution is 6.31. The van der Waals surface area contributed by atoms with Crippen LogP contribution in [0.3, 0.4) is 0 Å². The van der Waals surface area contributed by atoms with Crippen LogP contribution in [-0.2, 0) is 6.42 Å². The number of rotatable bonds is 3. The molecular weight excluding hydrogens is 263 g/mol. The maximum atomic E-state index is 12.2. The van der Waals surface area contributed by atoms with Gasteiger partial charge in [-0.05, 0) is 5.56 Å². The SMILES string of the molecule is COc1cc(Cl)c(CC(F)(F)F)cc1[N+](=O)[O-]. The van der Waals surface area contributed by atoms with E-state index in [0.29, 0.717) is 0 Å². The summed E-state index contributed by atoms with van der Waals surface area (Å²) in [5, 5.41) is 10.4. The largest absolute Gasteiger partial charge is 0.490 e. The van der Waals surface area contributed by atoms with Gasteiger partial charge in [0.15, 0.2) is 5.75 Å². The number of nitro benzene ring substituents is 1. The molecular formula is C9H7ClF3NO3. The van der Waals surface area contributed by atoms with Crippen LogP contribution in [0.4, 0.5) is 18.9 Å². The zero-order valence-electron chi connectivity index (χ0n) is 8.55. The fourth-order valence-electron chi connectivity index (χ4n) is 1.24. The van der Waals surface area contributed by atoms with Gasteiger partial charge in [-0.1, -0.05) is 11.6 Å². The van der Waals surface area contributed by atoms with Crippen LogP contribution in [-0.4, -0.2) is 18.2 Å². The monoisotopic (exact) mass is 269 g/mol. The smallest absolute Gasteiger partial charge is 0.393 e. The lowest BCUT2D eigenvalue weighted by atomic mass is 10.1. The van der Waals surface area contributed by atoms with Crippen molar-refractivity contribution in [3.05, 3.63) is 32.8 Å². The van der Waals surface area contributed by atoms with Crippen molar-refractivity contribution >= 4 is 17.3 Å². The molecule has 0 saturated carbocycles. The van der Waals surface area contributed by atoms with Crippen LogP contribution >= 0.6 is 11.6 Å². The molecule has 0 aromatic heterocycles. The Balaban J connectivity index is 3.25. The molecule has 8 heteroatoms. The lowest BCUT2D eigenvalue weighted by molar-refractivity contribution is -0.385. The summed E-state index contributed by atoms with van der Waals surface area (Å²) in [7, 11) is 1.17. The molecule has 0 aliphatic rings. The molecule has 0 heterocycles. The Morgan fingerprint density at radius 1 is 1.47 bits per heavy atom. The Hall–Kier alpha value is -1.50. The van der Waals surface area contributed by atoms with Gasteiger partial charge < -0.3 is 4.74 Å². The molecule has 0 aliphatic heterocycles. The Labute approximate surface area is 99.1 Å². The number of benzene rings is 1. The molecule has 0 unspecified atom stereocenters. The van der Waals surface area contributed by atoms with Crippen molar-refractivity contribution in [1.82, 2.24) is 0 Å². The van der Waals surface area contributed by atoms with Gasteiger partial charge in [0.05, 0.1) is 18.5 Å². The third-order valence-electron chi connectivity index (χ3n) is 1.94. The molecule has 0 atom stereocenters. The van der Waals surface area contributed by atoms with E-state index in [1.807, 2.05) is 0 Å². The summed E-state index contributed by atoms with van der Waals surface area (Å²) in [5.74, 6) is -0.175. The minimum Gasteiger partial charge on any atom is -0.490 e. The van der Waals surface area contributed by atoms with E-state index < -0.39 is 23.2 Å². The zero-order chi connectivity index (χ0) is 13.2. The maximum absolute atomic E-state index is 12.2. The zero-order valence-corrected chi connectivity index (χ0v) is 9.30. The number of nitro groups is 1. The van der Waals surface area contributed by atoms with Crippen molar-refractivity contribution in [1.29, 1.82) is 0 Å². The van der Waals surface area contributed by atoms with Gasteiger partial charge in [-0.25, -0.2) is 0 Å². The summed E-state index contributed by atoms with van der Waals surface area (Å²) in [6.45, 7) is 0. The summed E-state index contributed by atoms with van der Waals surface area (Å²) in [6, 6.07) is 1.77. The molecule has 4 nitrogen and oxygen atoms in total. The van der Waals surface area contributed by atoms with Gasteiger partial charge >= 0.3 is 11.9 Å². The maximum Gasteiger partial charge on any atom is 0.393 e. The summed E-state index contributed by atoms with van der Waals surface area (Å²) in [5.41, 5.74) is -0.900. The summed E-state index contributed by atoms with van der Waals surface area (Å²) >= 11 is 5.59. The second-order valence-corrected chi connectivity index (χ2v) is 3.57. The van der Waals surface area contributed by atoms with Crippen LogP contribution in [0.25, 0.3) is 0 Å². The minimum atomic E-state index is -4.48. The second-order valence-electron chi connectivity index (χ2n) is 3.16. The minimum absolute atomic E-state index is 0.175. The van der Waals surface area contributed by atoms with Crippen LogP contribution < -0.4 is 4.74 Å². The fraction of sp³-hybridized carbons (Fsp3) is 0.333. The molecule has 0 aliphatic carbocycles. The van der Waals surface area contributed by atoms with E-state index in [1.165, 1.54) is 7.11 Å². The van der Waals surface area contributed by atoms with E-state index in [1.54, 1.807) is 0 Å². The molecule has 1 rings (SSSR count). The molecule has 17 heavy (non-hydrogen) atoms. The average Bonchev–Trinajstić information content (AvgIpc) is 2.18. The number of nitrogens with zero attached hydrogens (tertiary/aromatic N) is 1. The van der Waals surface area contributed by atoms with Crippen LogP contribution in [0, 0.1) is 10.1 Å². The van der Waals surface area contributed by atoms with Crippen molar-refractivity contribution in [3.8, 4) is 5.75 Å². The number of alkyl halides is 3. The van der Waals surface area contributed by atoms with E-state index in [-0.39, 0.29) is 16.3 Å². The van der Waals surface area contributed by atoms with E-state index in [0.717, 1.165) is 12.1 Å². The average molecular weight is 270 g/mol. The van der Waals surface area contributed by atoms with Gasteiger partial charge in [0.25, 0.3) is 0 Å². The molecule has 0 fully saturated rings. The highest BCUT2D eigenvalue weighted by Gasteiger charge is 2.30. The molecule has 0 spiro atoms. The fourth-order valence-corrected chi connectivity index (χ4v) is 1.46. The first kappa shape index (κ1) is 13.6. The van der Waals surface area contributed by atoms with E-state index in [9.17, 15) is 23.3 Å². The quantitative estimate of drug-likeness (QED) is 0.624. The third-order valence-corrected chi connectivity index (χ3v) is 2.29. The molecule has 0 bridgehead atoms. The second kappa shape index (κ2) is 4.79. The van der Waals surface area contributed by atoms with Gasteiger partial charge in [-0.2, -0.15) is 13.2 Å². The van der Waals surface area contributed by atoms with Crippen molar-refractivity contribution in [2.75, 3.05) is 7.11 Å². The molecule has 0 saturated heterocycles. The first-order chi connectivity index (χ1) is 7.74. The summed E-state index contributed by atoms with van der Waals surface area (Å²) in [4.78, 5) is 9.79. The van der Waals surface area contributed by atoms with Gasteiger partial charge in [-0.15, -0.1) is 0 Å². The van der Waals surface area contributed by atoms with Crippen molar-refractivity contribution in [3.63, 3.8) is 0 Å². The van der Waals surface area contributed by atoms with Crippen molar-refractivity contribution < 1.29 is 22.8 Å². The predicted octanol–water partition coefficient (Wildman–Crippen LogP) is 3.36. The molecule has 0 amide bonds. The Kier molecular flexibility index (Phi) is 3.82. The van der Waals surface area contributed by atoms with E-state index in [4.69, 9.17) is 11.6 Å². The van der Waals surface area contributed by atoms with Crippen molar-refractivity contribution in [2.45, 2.75) is 12.6 Å². The number of hydrogen-bond acceptors (Lipinski definition) is 3.